The monoisotopic (exact) mass is 171 g/mol. The van der Waals surface area contributed by atoms with Crippen LogP contribution in [0.2, 0.25) is 0 Å². The van der Waals surface area contributed by atoms with Crippen LogP contribution in [0.25, 0.3) is 0 Å². The largest absolute Gasteiger partial charge is 0.392 e. The van der Waals surface area contributed by atoms with Gasteiger partial charge in [0.25, 0.3) is 0 Å². The van der Waals surface area contributed by atoms with Crippen molar-refractivity contribution in [3.8, 4) is 0 Å². The molecule has 72 valence electrons. The second-order valence-corrected chi connectivity index (χ2v) is 4.00. The van der Waals surface area contributed by atoms with Crippen molar-refractivity contribution in [2.75, 3.05) is 19.6 Å². The van der Waals surface area contributed by atoms with Gasteiger partial charge < -0.3 is 10.0 Å². The summed E-state index contributed by atoms with van der Waals surface area (Å²) < 4.78 is 0. The molecule has 1 atom stereocenters. The highest BCUT2D eigenvalue weighted by Crippen LogP contribution is 2.26. The van der Waals surface area contributed by atoms with E-state index in [1.807, 2.05) is 6.92 Å². The number of aliphatic hydroxyl groups is 1. The van der Waals surface area contributed by atoms with Gasteiger partial charge in [-0.3, -0.25) is 0 Å². The lowest BCUT2D eigenvalue weighted by atomic mass is 9.85. The SMILES string of the molecule is CCN(CC1CCC1)C[C@@H](C)O. The van der Waals surface area contributed by atoms with Crippen molar-refractivity contribution in [3.05, 3.63) is 0 Å². The third-order valence-electron chi connectivity index (χ3n) is 2.71. The van der Waals surface area contributed by atoms with E-state index in [1.165, 1.54) is 25.8 Å². The number of hydrogen-bond donors (Lipinski definition) is 1. The number of nitrogens with zero attached hydrogens (tertiary/aromatic N) is 1. The van der Waals surface area contributed by atoms with E-state index in [0.29, 0.717) is 0 Å². The Morgan fingerprint density at radius 2 is 2.17 bits per heavy atom. The van der Waals surface area contributed by atoms with E-state index in [0.717, 1.165) is 19.0 Å². The molecule has 0 aliphatic heterocycles. The molecule has 1 rings (SSSR count). The molecule has 0 saturated heterocycles. The first-order valence-corrected chi connectivity index (χ1v) is 5.12. The van der Waals surface area contributed by atoms with E-state index in [2.05, 4.69) is 11.8 Å². The minimum Gasteiger partial charge on any atom is -0.392 e. The molecule has 2 heteroatoms. The maximum Gasteiger partial charge on any atom is 0.0639 e. The van der Waals surface area contributed by atoms with Gasteiger partial charge in [0.15, 0.2) is 0 Å². The van der Waals surface area contributed by atoms with Gasteiger partial charge in [-0.2, -0.15) is 0 Å². The van der Waals surface area contributed by atoms with Crippen molar-refractivity contribution in [1.82, 2.24) is 4.90 Å². The molecule has 0 bridgehead atoms. The van der Waals surface area contributed by atoms with Gasteiger partial charge in [-0.1, -0.05) is 13.3 Å². The van der Waals surface area contributed by atoms with Crippen LogP contribution in [-0.2, 0) is 0 Å². The lowest BCUT2D eigenvalue weighted by molar-refractivity contribution is 0.105. The normalized spacial score (nSPS) is 21.0. The average molecular weight is 171 g/mol. The summed E-state index contributed by atoms with van der Waals surface area (Å²) in [7, 11) is 0. The molecule has 2 nitrogen and oxygen atoms in total. The first kappa shape index (κ1) is 10.0. The second-order valence-electron chi connectivity index (χ2n) is 4.00. The van der Waals surface area contributed by atoms with Crippen molar-refractivity contribution in [2.45, 2.75) is 39.2 Å². The van der Waals surface area contributed by atoms with Crippen LogP contribution in [0.3, 0.4) is 0 Å². The summed E-state index contributed by atoms with van der Waals surface area (Å²) in [5.74, 6) is 0.920. The van der Waals surface area contributed by atoms with E-state index in [9.17, 15) is 5.11 Å². The molecule has 0 aromatic heterocycles. The molecule has 1 fully saturated rings. The van der Waals surface area contributed by atoms with Gasteiger partial charge in [0.1, 0.15) is 0 Å². The van der Waals surface area contributed by atoms with Crippen molar-refractivity contribution in [3.63, 3.8) is 0 Å². The molecule has 0 amide bonds. The third-order valence-corrected chi connectivity index (χ3v) is 2.71. The zero-order chi connectivity index (χ0) is 8.97. The predicted octanol–water partition coefficient (Wildman–Crippen LogP) is 1.49. The van der Waals surface area contributed by atoms with E-state index in [1.54, 1.807) is 0 Å². The molecule has 0 heterocycles. The molecule has 1 N–H and O–H groups in total. The van der Waals surface area contributed by atoms with Crippen molar-refractivity contribution in [2.24, 2.45) is 5.92 Å². The van der Waals surface area contributed by atoms with Crippen molar-refractivity contribution >= 4 is 0 Å². The number of likely N-dealkylation sites (N-methyl/N-ethyl adjacent to an activating group) is 1. The van der Waals surface area contributed by atoms with E-state index in [-0.39, 0.29) is 6.10 Å². The Labute approximate surface area is 75.6 Å². The third kappa shape index (κ3) is 3.11. The smallest absolute Gasteiger partial charge is 0.0639 e. The van der Waals surface area contributed by atoms with Crippen LogP contribution in [0.1, 0.15) is 33.1 Å². The molecule has 0 aromatic carbocycles. The number of aliphatic hydroxyl groups excluding tert-OH is 1. The van der Waals surface area contributed by atoms with Gasteiger partial charge in [0.05, 0.1) is 6.10 Å². The highest BCUT2D eigenvalue weighted by molar-refractivity contribution is 4.74. The quantitative estimate of drug-likeness (QED) is 0.677. The molecule has 1 saturated carbocycles. The Balaban J connectivity index is 2.15. The summed E-state index contributed by atoms with van der Waals surface area (Å²) in [6, 6.07) is 0. The van der Waals surface area contributed by atoms with Gasteiger partial charge in [0, 0.05) is 13.1 Å². The van der Waals surface area contributed by atoms with Gasteiger partial charge in [-0.25, -0.2) is 0 Å². The summed E-state index contributed by atoms with van der Waals surface area (Å²) in [5.41, 5.74) is 0. The summed E-state index contributed by atoms with van der Waals surface area (Å²) >= 11 is 0. The van der Waals surface area contributed by atoms with E-state index in [4.69, 9.17) is 0 Å². The zero-order valence-corrected chi connectivity index (χ0v) is 8.29. The lowest BCUT2D eigenvalue weighted by Gasteiger charge is -2.32. The Hall–Kier alpha value is -0.0800. The predicted molar refractivity (Wildman–Crippen MR) is 51.1 cm³/mol. The highest BCUT2D eigenvalue weighted by Gasteiger charge is 2.20. The number of hydrogen-bond acceptors (Lipinski definition) is 2. The first-order valence-electron chi connectivity index (χ1n) is 5.12. The van der Waals surface area contributed by atoms with Crippen molar-refractivity contribution < 1.29 is 5.11 Å². The average Bonchev–Trinajstić information content (AvgIpc) is 1.93. The standard InChI is InChI=1S/C10H21NO/c1-3-11(7-9(2)12)8-10-5-4-6-10/h9-10,12H,3-8H2,1-2H3/t9-/m1/s1. The molecule has 12 heavy (non-hydrogen) atoms. The van der Waals surface area contributed by atoms with Crippen LogP contribution in [0, 0.1) is 5.92 Å². The van der Waals surface area contributed by atoms with Crippen LogP contribution >= 0.6 is 0 Å². The summed E-state index contributed by atoms with van der Waals surface area (Å²) in [6.45, 7) is 7.14. The van der Waals surface area contributed by atoms with Gasteiger partial charge in [-0.15, -0.1) is 0 Å². The van der Waals surface area contributed by atoms with E-state index >= 15 is 0 Å². The summed E-state index contributed by atoms with van der Waals surface area (Å²) in [6.07, 6.45) is 4.04. The Kier molecular flexibility index (Phi) is 4.02. The van der Waals surface area contributed by atoms with Crippen LogP contribution in [0.15, 0.2) is 0 Å². The topological polar surface area (TPSA) is 23.5 Å². The van der Waals surface area contributed by atoms with Gasteiger partial charge >= 0.3 is 0 Å². The fraction of sp³-hybridized carbons (Fsp3) is 1.00. The first-order chi connectivity index (χ1) is 5.72. The van der Waals surface area contributed by atoms with Crippen LogP contribution in [0.5, 0.6) is 0 Å². The molecule has 0 radical (unpaired) electrons. The minimum atomic E-state index is -0.176. The van der Waals surface area contributed by atoms with Crippen LogP contribution in [-0.4, -0.2) is 35.7 Å². The maximum absolute atomic E-state index is 9.22. The maximum atomic E-state index is 9.22. The molecular formula is C10H21NO. The van der Waals surface area contributed by atoms with Crippen LogP contribution < -0.4 is 0 Å². The minimum absolute atomic E-state index is 0.176. The Morgan fingerprint density at radius 1 is 1.50 bits per heavy atom. The molecule has 1 aliphatic carbocycles. The molecule has 0 spiro atoms. The molecule has 0 aromatic rings. The fourth-order valence-electron chi connectivity index (χ4n) is 1.75. The zero-order valence-electron chi connectivity index (χ0n) is 8.29. The van der Waals surface area contributed by atoms with E-state index < -0.39 is 0 Å². The number of rotatable bonds is 5. The molecular weight excluding hydrogens is 150 g/mol. The lowest BCUT2D eigenvalue weighted by Crippen LogP contribution is -2.36. The molecule has 1 aliphatic rings. The van der Waals surface area contributed by atoms with Crippen molar-refractivity contribution in [1.29, 1.82) is 0 Å². The molecule has 0 unspecified atom stereocenters. The van der Waals surface area contributed by atoms with Gasteiger partial charge in [0.2, 0.25) is 0 Å². The summed E-state index contributed by atoms with van der Waals surface area (Å²) in [4.78, 5) is 2.36. The Bertz CT molecular complexity index is 121. The highest BCUT2D eigenvalue weighted by atomic mass is 16.3. The fourth-order valence-corrected chi connectivity index (χ4v) is 1.75. The second kappa shape index (κ2) is 4.83. The van der Waals surface area contributed by atoms with Gasteiger partial charge in [-0.05, 0) is 32.2 Å². The van der Waals surface area contributed by atoms with Crippen LogP contribution in [0.4, 0.5) is 0 Å². The Morgan fingerprint density at radius 3 is 2.50 bits per heavy atom. The summed E-state index contributed by atoms with van der Waals surface area (Å²) in [5, 5.41) is 9.22.